The van der Waals surface area contributed by atoms with Crippen LogP contribution < -0.4 is 0 Å². The molecule has 4 atom stereocenters. The molecule has 4 nitrogen and oxygen atoms in total. The van der Waals surface area contributed by atoms with Gasteiger partial charge in [-0.1, -0.05) is 24.3 Å². The lowest BCUT2D eigenvalue weighted by molar-refractivity contribution is -0.131. The predicted octanol–water partition coefficient (Wildman–Crippen LogP) is 2.11. The molecule has 1 aromatic rings. The minimum atomic E-state index is -0.943. The summed E-state index contributed by atoms with van der Waals surface area (Å²) in [6.07, 6.45) is 6.19. The average molecular weight is 288 g/mol. The van der Waals surface area contributed by atoms with Crippen molar-refractivity contribution < 1.29 is 19.7 Å². The van der Waals surface area contributed by atoms with Crippen molar-refractivity contribution in [2.45, 2.75) is 31.5 Å². The SMILES string of the molecule is O=C(O)C=Cc1ccccc1C[C@@H]1[C@H](CO)[C@H]2CC[C@@H]1O2. The summed E-state index contributed by atoms with van der Waals surface area (Å²) >= 11 is 0. The summed E-state index contributed by atoms with van der Waals surface area (Å²) in [5.74, 6) is -0.408. The molecule has 0 aromatic heterocycles. The maximum atomic E-state index is 10.7. The van der Waals surface area contributed by atoms with E-state index in [1.165, 1.54) is 6.08 Å². The van der Waals surface area contributed by atoms with Gasteiger partial charge < -0.3 is 14.9 Å². The number of carboxylic acid groups (broad SMARTS) is 1. The first-order valence-electron chi connectivity index (χ1n) is 7.44. The molecule has 2 N–H and O–H groups in total. The van der Waals surface area contributed by atoms with Crippen molar-refractivity contribution in [3.8, 4) is 0 Å². The third kappa shape index (κ3) is 2.87. The number of carboxylic acids is 1. The van der Waals surface area contributed by atoms with Crippen molar-refractivity contribution in [2.24, 2.45) is 11.8 Å². The van der Waals surface area contributed by atoms with Gasteiger partial charge in [-0.25, -0.2) is 4.79 Å². The Bertz CT molecular complexity index is 551. The van der Waals surface area contributed by atoms with E-state index in [1.807, 2.05) is 24.3 Å². The predicted molar refractivity (Wildman–Crippen MR) is 78.8 cm³/mol. The van der Waals surface area contributed by atoms with E-state index >= 15 is 0 Å². The number of aliphatic carboxylic acids is 1. The average Bonchev–Trinajstić information content (AvgIpc) is 3.07. The van der Waals surface area contributed by atoms with Crippen LogP contribution in [0.1, 0.15) is 24.0 Å². The van der Waals surface area contributed by atoms with Gasteiger partial charge in [0.15, 0.2) is 0 Å². The molecule has 4 heteroatoms. The molecule has 0 amide bonds. The molecule has 0 saturated carbocycles. The smallest absolute Gasteiger partial charge is 0.328 e. The third-order valence-corrected chi connectivity index (χ3v) is 4.72. The topological polar surface area (TPSA) is 66.8 Å². The van der Waals surface area contributed by atoms with Crippen molar-refractivity contribution in [2.75, 3.05) is 6.61 Å². The van der Waals surface area contributed by atoms with E-state index in [1.54, 1.807) is 6.08 Å². The standard InChI is InChI=1S/C17H20O4/c18-10-14-13(15-6-7-16(14)21-15)9-12-4-2-1-3-11(12)5-8-17(19)20/h1-5,8,13-16,18H,6-7,9-10H2,(H,19,20)/t13-,14+,15+,16-/m1/s1. The largest absolute Gasteiger partial charge is 0.478 e. The van der Waals surface area contributed by atoms with E-state index in [0.29, 0.717) is 5.92 Å². The quantitative estimate of drug-likeness (QED) is 0.814. The molecule has 2 heterocycles. The minimum Gasteiger partial charge on any atom is -0.478 e. The fourth-order valence-electron chi connectivity index (χ4n) is 3.70. The van der Waals surface area contributed by atoms with Gasteiger partial charge in [0.2, 0.25) is 0 Å². The Hall–Kier alpha value is -1.65. The Morgan fingerprint density at radius 3 is 2.67 bits per heavy atom. The molecule has 2 fully saturated rings. The number of hydrogen-bond donors (Lipinski definition) is 2. The summed E-state index contributed by atoms with van der Waals surface area (Å²) in [6.45, 7) is 0.166. The first kappa shape index (κ1) is 14.3. The summed E-state index contributed by atoms with van der Waals surface area (Å²) in [6, 6.07) is 7.83. The van der Waals surface area contributed by atoms with Crippen molar-refractivity contribution in [3.63, 3.8) is 0 Å². The van der Waals surface area contributed by atoms with Crippen LogP contribution in [0.25, 0.3) is 6.08 Å². The summed E-state index contributed by atoms with van der Waals surface area (Å²) in [5.41, 5.74) is 2.05. The number of carbonyl (C=O) groups is 1. The number of fused-ring (bicyclic) bond motifs is 2. The molecule has 0 spiro atoms. The van der Waals surface area contributed by atoms with Crippen LogP contribution in [0.15, 0.2) is 30.3 Å². The molecular formula is C17H20O4. The van der Waals surface area contributed by atoms with Gasteiger partial charge in [0, 0.05) is 18.6 Å². The monoisotopic (exact) mass is 288 g/mol. The van der Waals surface area contributed by atoms with E-state index in [9.17, 15) is 9.90 Å². The summed E-state index contributed by atoms with van der Waals surface area (Å²) in [7, 11) is 0. The maximum Gasteiger partial charge on any atom is 0.328 e. The third-order valence-electron chi connectivity index (χ3n) is 4.72. The number of aliphatic hydroxyl groups is 1. The Morgan fingerprint density at radius 1 is 1.24 bits per heavy atom. The second kappa shape index (κ2) is 6.00. The van der Waals surface area contributed by atoms with E-state index in [-0.39, 0.29) is 24.7 Å². The Morgan fingerprint density at radius 2 is 1.95 bits per heavy atom. The Balaban J connectivity index is 1.80. The van der Waals surface area contributed by atoms with Crippen LogP contribution in [0.2, 0.25) is 0 Å². The molecule has 0 aliphatic carbocycles. The zero-order valence-corrected chi connectivity index (χ0v) is 11.8. The minimum absolute atomic E-state index is 0.166. The van der Waals surface area contributed by atoms with Gasteiger partial charge in [-0.15, -0.1) is 0 Å². The van der Waals surface area contributed by atoms with Crippen molar-refractivity contribution >= 4 is 12.0 Å². The van der Waals surface area contributed by atoms with E-state index in [2.05, 4.69) is 0 Å². The first-order chi connectivity index (χ1) is 10.2. The molecule has 2 bridgehead atoms. The second-order valence-electron chi connectivity index (χ2n) is 5.88. The number of aliphatic hydroxyl groups excluding tert-OH is 1. The Labute approximate surface area is 124 Å². The fourth-order valence-corrected chi connectivity index (χ4v) is 3.70. The number of benzene rings is 1. The van der Waals surface area contributed by atoms with Crippen LogP contribution in [0.4, 0.5) is 0 Å². The van der Waals surface area contributed by atoms with Gasteiger partial charge >= 0.3 is 5.97 Å². The van der Waals surface area contributed by atoms with Gasteiger partial charge in [0.25, 0.3) is 0 Å². The van der Waals surface area contributed by atoms with Gasteiger partial charge in [-0.3, -0.25) is 0 Å². The molecule has 2 aliphatic heterocycles. The second-order valence-corrected chi connectivity index (χ2v) is 5.88. The van der Waals surface area contributed by atoms with Crippen LogP contribution in [-0.2, 0) is 16.0 Å². The molecule has 112 valence electrons. The molecule has 0 unspecified atom stereocenters. The number of ether oxygens (including phenoxy) is 1. The van der Waals surface area contributed by atoms with Gasteiger partial charge in [-0.2, -0.15) is 0 Å². The van der Waals surface area contributed by atoms with Crippen LogP contribution in [0.3, 0.4) is 0 Å². The molecule has 2 saturated heterocycles. The first-order valence-corrected chi connectivity index (χ1v) is 7.44. The Kier molecular flexibility index (Phi) is 4.08. The summed E-state index contributed by atoms with van der Waals surface area (Å²) < 4.78 is 5.93. The molecule has 3 rings (SSSR count). The fraction of sp³-hybridized carbons (Fsp3) is 0.471. The van der Waals surface area contributed by atoms with Crippen molar-refractivity contribution in [3.05, 3.63) is 41.5 Å². The van der Waals surface area contributed by atoms with E-state index in [4.69, 9.17) is 9.84 Å². The maximum absolute atomic E-state index is 10.7. The van der Waals surface area contributed by atoms with Crippen LogP contribution in [0, 0.1) is 11.8 Å². The highest BCUT2D eigenvalue weighted by Crippen LogP contribution is 2.44. The highest BCUT2D eigenvalue weighted by atomic mass is 16.5. The highest BCUT2D eigenvalue weighted by molar-refractivity contribution is 5.85. The lowest BCUT2D eigenvalue weighted by atomic mass is 9.76. The van der Waals surface area contributed by atoms with E-state index < -0.39 is 5.97 Å². The molecular weight excluding hydrogens is 268 g/mol. The normalized spacial score (nSPS) is 31.1. The van der Waals surface area contributed by atoms with Gasteiger partial charge in [0.1, 0.15) is 0 Å². The van der Waals surface area contributed by atoms with Crippen molar-refractivity contribution in [1.82, 2.24) is 0 Å². The number of rotatable bonds is 5. The van der Waals surface area contributed by atoms with Crippen molar-refractivity contribution in [1.29, 1.82) is 0 Å². The zero-order valence-electron chi connectivity index (χ0n) is 11.8. The van der Waals surface area contributed by atoms with Gasteiger partial charge in [-0.05, 0) is 42.4 Å². The van der Waals surface area contributed by atoms with Gasteiger partial charge in [0.05, 0.1) is 12.2 Å². The summed E-state index contributed by atoms with van der Waals surface area (Å²) in [5, 5.41) is 18.4. The summed E-state index contributed by atoms with van der Waals surface area (Å²) in [4.78, 5) is 10.7. The van der Waals surface area contributed by atoms with Crippen LogP contribution in [0.5, 0.6) is 0 Å². The molecule has 0 radical (unpaired) electrons. The van der Waals surface area contributed by atoms with E-state index in [0.717, 1.165) is 30.4 Å². The van der Waals surface area contributed by atoms with Crippen LogP contribution >= 0.6 is 0 Å². The molecule has 21 heavy (non-hydrogen) atoms. The lowest BCUT2D eigenvalue weighted by Crippen LogP contribution is -2.31. The number of hydrogen-bond acceptors (Lipinski definition) is 3. The van der Waals surface area contributed by atoms with Crippen LogP contribution in [-0.4, -0.2) is 35.0 Å². The highest BCUT2D eigenvalue weighted by Gasteiger charge is 2.48. The lowest BCUT2D eigenvalue weighted by Gasteiger charge is -2.27. The molecule has 1 aromatic carbocycles. The zero-order chi connectivity index (χ0) is 14.8. The molecule has 2 aliphatic rings.